The van der Waals surface area contributed by atoms with E-state index in [-0.39, 0.29) is 11.9 Å². The van der Waals surface area contributed by atoms with Crippen molar-refractivity contribution in [1.82, 2.24) is 19.9 Å². The third kappa shape index (κ3) is 3.83. The Morgan fingerprint density at radius 2 is 2.28 bits per heavy atom. The molecule has 0 bridgehead atoms. The number of nitrogens with zero attached hydrogens (tertiary/aromatic N) is 4. The molecular formula is C21H20ClN5OS. The zero-order chi connectivity index (χ0) is 20.5. The van der Waals surface area contributed by atoms with Gasteiger partial charge in [0, 0.05) is 33.5 Å². The molecule has 8 heteroatoms. The van der Waals surface area contributed by atoms with Crippen molar-refractivity contribution in [3.8, 4) is 6.07 Å². The van der Waals surface area contributed by atoms with E-state index >= 15 is 0 Å². The number of nitrogens with one attached hydrogen (secondary N) is 1. The number of carbonyl (C=O) groups is 1. The average Bonchev–Trinajstić information content (AvgIpc) is 3.11. The number of aryl methyl sites for hydroxylation is 2. The van der Waals surface area contributed by atoms with Crippen molar-refractivity contribution in [3.05, 3.63) is 57.5 Å². The summed E-state index contributed by atoms with van der Waals surface area (Å²) >= 11 is 7.95. The third-order valence-corrected chi connectivity index (χ3v) is 6.64. The fraction of sp³-hybridized carbons (Fsp3) is 0.333. The minimum absolute atomic E-state index is 0.00454. The smallest absolute Gasteiger partial charge is 0.220 e. The van der Waals surface area contributed by atoms with Crippen molar-refractivity contribution in [1.29, 1.82) is 5.26 Å². The summed E-state index contributed by atoms with van der Waals surface area (Å²) in [6, 6.07) is 7.96. The SMILES string of the molecule is Cc1nc2c(C#N)cnn2c(C)c1CCC(=O)NC1CCSc2ccc(Cl)cc21. The van der Waals surface area contributed by atoms with Gasteiger partial charge in [-0.25, -0.2) is 9.50 Å². The van der Waals surface area contributed by atoms with Gasteiger partial charge in [0.05, 0.1) is 12.2 Å². The minimum Gasteiger partial charge on any atom is -0.349 e. The summed E-state index contributed by atoms with van der Waals surface area (Å²) in [6.07, 6.45) is 3.34. The predicted octanol–water partition coefficient (Wildman–Crippen LogP) is 4.16. The van der Waals surface area contributed by atoms with E-state index in [1.165, 1.54) is 11.1 Å². The molecule has 0 spiro atoms. The largest absolute Gasteiger partial charge is 0.349 e. The first-order valence-electron chi connectivity index (χ1n) is 9.43. The first-order valence-corrected chi connectivity index (χ1v) is 10.8. The molecule has 1 aliphatic heterocycles. The van der Waals surface area contributed by atoms with Crippen LogP contribution in [-0.4, -0.2) is 26.3 Å². The number of aromatic nitrogens is 3. The summed E-state index contributed by atoms with van der Waals surface area (Å²) in [5.74, 6) is 0.976. The van der Waals surface area contributed by atoms with Crippen LogP contribution in [0.5, 0.6) is 0 Å². The summed E-state index contributed by atoms with van der Waals surface area (Å²) < 4.78 is 1.68. The fourth-order valence-corrected chi connectivity index (χ4v) is 5.06. The van der Waals surface area contributed by atoms with Gasteiger partial charge in [-0.15, -0.1) is 11.8 Å². The molecule has 1 atom stereocenters. The lowest BCUT2D eigenvalue weighted by atomic mass is 10.0. The molecule has 6 nitrogen and oxygen atoms in total. The van der Waals surface area contributed by atoms with E-state index in [4.69, 9.17) is 11.6 Å². The van der Waals surface area contributed by atoms with Crippen molar-refractivity contribution in [2.24, 2.45) is 0 Å². The summed E-state index contributed by atoms with van der Waals surface area (Å²) in [6.45, 7) is 3.85. The van der Waals surface area contributed by atoms with Crippen molar-refractivity contribution < 1.29 is 4.79 Å². The number of amides is 1. The number of nitriles is 1. The van der Waals surface area contributed by atoms with Crippen molar-refractivity contribution in [2.45, 2.75) is 44.0 Å². The third-order valence-electron chi connectivity index (χ3n) is 5.28. The number of halogens is 1. The van der Waals surface area contributed by atoms with Crippen LogP contribution in [0.2, 0.25) is 5.02 Å². The Morgan fingerprint density at radius 3 is 3.07 bits per heavy atom. The van der Waals surface area contributed by atoms with Gasteiger partial charge in [-0.05, 0) is 56.0 Å². The molecule has 148 valence electrons. The monoisotopic (exact) mass is 425 g/mol. The zero-order valence-electron chi connectivity index (χ0n) is 16.2. The van der Waals surface area contributed by atoms with E-state index in [9.17, 15) is 10.1 Å². The topological polar surface area (TPSA) is 83.1 Å². The molecule has 2 aromatic heterocycles. The molecule has 0 fully saturated rings. The van der Waals surface area contributed by atoms with Crippen molar-refractivity contribution >= 4 is 34.9 Å². The Bertz CT molecular complexity index is 1150. The second-order valence-corrected chi connectivity index (χ2v) is 8.68. The van der Waals surface area contributed by atoms with Crippen LogP contribution in [0.1, 0.15) is 47.0 Å². The number of hydrogen-bond donors (Lipinski definition) is 1. The molecule has 1 aliphatic rings. The number of benzene rings is 1. The molecule has 3 aromatic rings. The number of thioether (sulfide) groups is 1. The Morgan fingerprint density at radius 1 is 1.45 bits per heavy atom. The van der Waals surface area contributed by atoms with Gasteiger partial charge in [0.15, 0.2) is 5.65 Å². The molecule has 4 rings (SSSR count). The summed E-state index contributed by atoms with van der Waals surface area (Å²) in [4.78, 5) is 18.4. The molecule has 1 N–H and O–H groups in total. The van der Waals surface area contributed by atoms with Crippen LogP contribution < -0.4 is 5.32 Å². The van der Waals surface area contributed by atoms with Crippen LogP contribution >= 0.6 is 23.4 Å². The van der Waals surface area contributed by atoms with Gasteiger partial charge in [-0.2, -0.15) is 10.4 Å². The van der Waals surface area contributed by atoms with Gasteiger partial charge < -0.3 is 5.32 Å². The molecule has 0 radical (unpaired) electrons. The maximum Gasteiger partial charge on any atom is 0.220 e. The van der Waals surface area contributed by atoms with Gasteiger partial charge in [-0.1, -0.05) is 11.6 Å². The van der Waals surface area contributed by atoms with Crippen LogP contribution in [0.25, 0.3) is 5.65 Å². The van der Waals surface area contributed by atoms with Crippen LogP contribution in [0.15, 0.2) is 29.3 Å². The Labute approximate surface area is 178 Å². The van der Waals surface area contributed by atoms with E-state index in [0.29, 0.717) is 29.1 Å². The van der Waals surface area contributed by atoms with E-state index in [1.54, 1.807) is 16.3 Å². The molecule has 29 heavy (non-hydrogen) atoms. The fourth-order valence-electron chi connectivity index (χ4n) is 3.77. The maximum absolute atomic E-state index is 12.7. The molecule has 3 heterocycles. The van der Waals surface area contributed by atoms with E-state index in [0.717, 1.165) is 34.7 Å². The Hall–Kier alpha value is -2.56. The second-order valence-electron chi connectivity index (χ2n) is 7.11. The van der Waals surface area contributed by atoms with Crippen LogP contribution in [0.4, 0.5) is 0 Å². The first-order chi connectivity index (χ1) is 14.0. The number of hydrogen-bond acceptors (Lipinski definition) is 5. The summed E-state index contributed by atoms with van der Waals surface area (Å²) in [5.41, 5.74) is 4.83. The predicted molar refractivity (Wildman–Crippen MR) is 113 cm³/mol. The highest BCUT2D eigenvalue weighted by Crippen LogP contribution is 2.37. The Kier molecular flexibility index (Phi) is 5.48. The highest BCUT2D eigenvalue weighted by atomic mass is 35.5. The number of rotatable bonds is 4. The molecular weight excluding hydrogens is 406 g/mol. The number of carbonyl (C=O) groups excluding carboxylic acids is 1. The Balaban J connectivity index is 1.49. The van der Waals surface area contributed by atoms with Gasteiger partial charge in [-0.3, -0.25) is 4.79 Å². The van der Waals surface area contributed by atoms with Gasteiger partial charge in [0.1, 0.15) is 11.6 Å². The molecule has 1 aromatic carbocycles. The van der Waals surface area contributed by atoms with Gasteiger partial charge in [0.2, 0.25) is 5.91 Å². The van der Waals surface area contributed by atoms with Crippen LogP contribution in [0.3, 0.4) is 0 Å². The molecule has 1 unspecified atom stereocenters. The molecule has 0 saturated heterocycles. The lowest BCUT2D eigenvalue weighted by molar-refractivity contribution is -0.121. The maximum atomic E-state index is 12.7. The minimum atomic E-state index is -0.00967. The summed E-state index contributed by atoms with van der Waals surface area (Å²) in [7, 11) is 0. The van der Waals surface area contributed by atoms with Crippen molar-refractivity contribution in [2.75, 3.05) is 5.75 Å². The average molecular weight is 426 g/mol. The van der Waals surface area contributed by atoms with Gasteiger partial charge in [0.25, 0.3) is 0 Å². The van der Waals surface area contributed by atoms with Gasteiger partial charge >= 0.3 is 0 Å². The molecule has 0 aliphatic carbocycles. The summed E-state index contributed by atoms with van der Waals surface area (Å²) in [5, 5.41) is 17.3. The number of fused-ring (bicyclic) bond motifs is 2. The lowest BCUT2D eigenvalue weighted by Crippen LogP contribution is -2.31. The second kappa shape index (κ2) is 8.05. The molecule has 0 saturated carbocycles. The van der Waals surface area contributed by atoms with Crippen LogP contribution in [0, 0.1) is 25.2 Å². The van der Waals surface area contributed by atoms with E-state index < -0.39 is 0 Å². The zero-order valence-corrected chi connectivity index (χ0v) is 17.8. The van der Waals surface area contributed by atoms with Crippen LogP contribution in [-0.2, 0) is 11.2 Å². The van der Waals surface area contributed by atoms with E-state index in [1.807, 2.05) is 32.0 Å². The highest BCUT2D eigenvalue weighted by molar-refractivity contribution is 7.99. The molecule has 1 amide bonds. The quantitative estimate of drug-likeness (QED) is 0.678. The van der Waals surface area contributed by atoms with E-state index in [2.05, 4.69) is 21.5 Å². The normalized spacial score (nSPS) is 15.7. The lowest BCUT2D eigenvalue weighted by Gasteiger charge is -2.26. The van der Waals surface area contributed by atoms with Crippen molar-refractivity contribution in [3.63, 3.8) is 0 Å². The highest BCUT2D eigenvalue weighted by Gasteiger charge is 2.23. The first kappa shape index (κ1) is 19.7. The standard InChI is InChI=1S/C21H20ClN5OS/c1-12-16(13(2)27-21(25-12)14(10-23)11-24-27)4-6-20(28)26-18-7-8-29-19-5-3-15(22)9-17(18)19/h3,5,9,11,18H,4,6-8H2,1-2H3,(H,26,28).